The monoisotopic (exact) mass is 621 g/mol. The molecule has 1 fully saturated rings. The van der Waals surface area contributed by atoms with Crippen LogP contribution < -0.4 is 5.49 Å². The molecule has 0 aliphatic carbocycles. The zero-order valence-electron chi connectivity index (χ0n) is 21.3. The van der Waals surface area contributed by atoms with Crippen LogP contribution in [0, 0.1) is 6.33 Å². The maximum absolute atomic E-state index is 16.0. The molecule has 0 radical (unpaired) electrons. The first-order valence-electron chi connectivity index (χ1n) is 12.1. The number of halogens is 1. The van der Waals surface area contributed by atoms with Crippen LogP contribution in [0.2, 0.25) is 0 Å². The van der Waals surface area contributed by atoms with Gasteiger partial charge in [0.15, 0.2) is 18.5 Å². The first-order valence-corrected chi connectivity index (χ1v) is 12.1. The number of imidazole rings is 1. The molecule has 0 bridgehead atoms. The summed E-state index contributed by atoms with van der Waals surface area (Å²) in [6, 6.07) is 16.4. The van der Waals surface area contributed by atoms with Gasteiger partial charge in [-0.05, 0) is 24.3 Å². The molecule has 0 spiro atoms. The van der Waals surface area contributed by atoms with Crippen molar-refractivity contribution in [3.05, 3.63) is 89.9 Å². The largest absolute Gasteiger partial charge is 3.00 e. The summed E-state index contributed by atoms with van der Waals surface area (Å²) in [5.41, 5.74) is 0.974. The van der Waals surface area contributed by atoms with Crippen LogP contribution in [0.4, 0.5) is 4.39 Å². The second-order valence-electron chi connectivity index (χ2n) is 8.59. The Balaban J connectivity index is 0.00000370. The Labute approximate surface area is 252 Å². The molecule has 1 saturated heterocycles. The van der Waals surface area contributed by atoms with Crippen molar-refractivity contribution in [2.75, 3.05) is 6.61 Å². The first kappa shape index (κ1) is 29.4. The van der Waals surface area contributed by atoms with E-state index in [1.165, 1.54) is 23.0 Å². The van der Waals surface area contributed by atoms with Crippen molar-refractivity contribution in [2.45, 2.75) is 38.0 Å². The van der Waals surface area contributed by atoms with E-state index in [9.17, 15) is 14.4 Å². The fourth-order valence-corrected chi connectivity index (χ4v) is 4.08. The zero-order chi connectivity index (χ0) is 27.4. The summed E-state index contributed by atoms with van der Waals surface area (Å²) in [4.78, 5) is 52.0. The first-order chi connectivity index (χ1) is 19.0. The number of fused-ring (bicyclic) bond motifs is 1. The smallest absolute Gasteiger partial charge is 0.459 e. The van der Waals surface area contributed by atoms with E-state index in [0.29, 0.717) is 5.56 Å². The molecule has 0 saturated carbocycles. The van der Waals surface area contributed by atoms with E-state index in [1.54, 1.807) is 55.5 Å². The fraction of sp³-hybridized carbons (Fsp3) is 0.259. The van der Waals surface area contributed by atoms with Gasteiger partial charge in [-0.1, -0.05) is 43.3 Å². The van der Waals surface area contributed by atoms with E-state index in [4.69, 9.17) is 14.2 Å². The molecule has 2 aromatic heterocycles. The fourth-order valence-electron chi connectivity index (χ4n) is 4.08. The van der Waals surface area contributed by atoms with Gasteiger partial charge in [-0.15, -0.1) is 0 Å². The number of hydrogen-bond acceptors (Lipinski definition) is 8. The van der Waals surface area contributed by atoms with Crippen LogP contribution in [0.25, 0.3) is 11.2 Å². The second-order valence-corrected chi connectivity index (χ2v) is 8.59. The van der Waals surface area contributed by atoms with Gasteiger partial charge in [-0.3, -0.25) is 14.8 Å². The van der Waals surface area contributed by atoms with E-state index in [2.05, 4.69) is 26.3 Å². The number of hydrogen-bond donors (Lipinski definition) is 1. The molecule has 200 valence electrons. The maximum atomic E-state index is 16.0. The third kappa shape index (κ3) is 6.24. The number of carbonyl (C=O) groups excluding carboxylic acids is 3. The quantitative estimate of drug-likeness (QED) is 0.246. The number of amides is 1. The van der Waals surface area contributed by atoms with Gasteiger partial charge >= 0.3 is 44.6 Å². The van der Waals surface area contributed by atoms with E-state index >= 15 is 4.39 Å². The average Bonchev–Trinajstić information content (AvgIpc) is 3.54. The second kappa shape index (κ2) is 13.2. The minimum Gasteiger partial charge on any atom is -0.459 e. The molecule has 4 aromatic rings. The summed E-state index contributed by atoms with van der Waals surface area (Å²) in [6.07, 6.45) is -1.79. The molecule has 4 atom stereocenters. The average molecular weight is 621 g/mol. The number of aromatic nitrogens is 4. The molecule has 1 amide bonds. The molecule has 4 unspecified atom stereocenters. The van der Waals surface area contributed by atoms with Crippen molar-refractivity contribution in [1.82, 2.24) is 19.5 Å². The van der Waals surface area contributed by atoms with E-state index in [-0.39, 0.29) is 68.0 Å². The van der Waals surface area contributed by atoms with Crippen LogP contribution in [-0.2, 0) is 51.7 Å². The molecule has 13 heteroatoms. The van der Waals surface area contributed by atoms with Gasteiger partial charge in [0.2, 0.25) is 5.91 Å². The Morgan fingerprint density at radius 1 is 1.07 bits per heavy atom. The van der Waals surface area contributed by atoms with Crippen molar-refractivity contribution < 1.29 is 65.7 Å². The zero-order valence-corrected chi connectivity index (χ0v) is 24.1. The number of H-pyrrole nitrogens is 1. The summed E-state index contributed by atoms with van der Waals surface area (Å²) in [5.74, 6) is -1.81. The van der Waals surface area contributed by atoms with Gasteiger partial charge < -0.3 is 28.7 Å². The Bertz CT molecular complexity index is 1560. The molecular formula is C27H23FN5O6Y+2. The normalized spacial score (nSPS) is 20.6. The number of ether oxygens (including phenoxy) is 3. The Morgan fingerprint density at radius 2 is 1.73 bits per heavy atom. The number of carbonyl (C=O) groups is 3. The predicted molar refractivity (Wildman–Crippen MR) is 133 cm³/mol. The number of rotatable bonds is 7. The van der Waals surface area contributed by atoms with Crippen molar-refractivity contribution in [3.8, 4) is 0 Å². The third-order valence-corrected chi connectivity index (χ3v) is 6.06. The van der Waals surface area contributed by atoms with Crippen molar-refractivity contribution in [1.29, 1.82) is 0 Å². The van der Waals surface area contributed by atoms with Gasteiger partial charge in [0.1, 0.15) is 12.7 Å². The van der Waals surface area contributed by atoms with Crippen molar-refractivity contribution in [3.63, 3.8) is 0 Å². The Morgan fingerprint density at radius 3 is 2.38 bits per heavy atom. The molecular weight excluding hydrogens is 598 g/mol. The van der Waals surface area contributed by atoms with Gasteiger partial charge in [-0.2, -0.15) is 0 Å². The van der Waals surface area contributed by atoms with Crippen LogP contribution in [0.5, 0.6) is 0 Å². The topological polar surface area (TPSA) is 138 Å². The Kier molecular flexibility index (Phi) is 9.67. The Hall–Kier alpha value is -3.61. The maximum Gasteiger partial charge on any atom is 3.00 e. The molecule has 40 heavy (non-hydrogen) atoms. The minimum atomic E-state index is -1.88. The molecule has 3 heterocycles. The predicted octanol–water partition coefficient (Wildman–Crippen LogP) is 2.71. The van der Waals surface area contributed by atoms with Crippen molar-refractivity contribution >= 4 is 29.0 Å². The molecule has 11 nitrogen and oxygen atoms in total. The standard InChI is InChI=1S/C27H23FN5O6.Y/c1-2-19(34)32-23-21-24(30-14-29-23)33(15-31-21)25-20(28)22(39-27(36)17-11-7-4-8-12-17)18(38-25)13-37-26(35)16-9-5-3-6-10-16;/h3-12,15,18,20,22,25H,2,13H2,1H3,(H,29,30,32,34);/q-1;+3. The van der Waals surface area contributed by atoms with E-state index in [1.807, 2.05) is 0 Å². The van der Waals surface area contributed by atoms with Crippen LogP contribution in [0.3, 0.4) is 0 Å². The van der Waals surface area contributed by atoms with Crippen LogP contribution in [0.1, 0.15) is 40.3 Å². The number of esters is 2. The molecule has 2 aromatic carbocycles. The number of nitrogens with one attached hydrogen (secondary N) is 1. The van der Waals surface area contributed by atoms with Crippen LogP contribution >= 0.6 is 0 Å². The van der Waals surface area contributed by atoms with Crippen LogP contribution in [-0.4, -0.2) is 62.4 Å². The van der Waals surface area contributed by atoms with Crippen molar-refractivity contribution in [2.24, 2.45) is 4.99 Å². The summed E-state index contributed by atoms with van der Waals surface area (Å²) in [6.45, 7) is 1.27. The molecule has 1 aliphatic rings. The molecule has 5 rings (SSSR count). The third-order valence-electron chi connectivity index (χ3n) is 6.06. The summed E-state index contributed by atoms with van der Waals surface area (Å²) < 4.78 is 34.2. The summed E-state index contributed by atoms with van der Waals surface area (Å²) >= 11 is 0. The number of alkyl halides is 1. The number of aromatic amines is 1. The van der Waals surface area contributed by atoms with Gasteiger partial charge in [-0.25, -0.2) is 14.0 Å². The van der Waals surface area contributed by atoms with Gasteiger partial charge in [0.05, 0.1) is 22.9 Å². The van der Waals surface area contributed by atoms with E-state index < -0.39 is 42.5 Å². The van der Waals surface area contributed by atoms with Crippen LogP contribution in [0.15, 0.2) is 72.0 Å². The van der Waals surface area contributed by atoms with Gasteiger partial charge in [0.25, 0.3) is 0 Å². The SMILES string of the molecule is CCC(=O)N=c1n[c-][nH]c2c1ncn2C1OC(COC(=O)c2ccccc2)C(OC(=O)c2ccccc2)C1F.[Y+3]. The summed E-state index contributed by atoms with van der Waals surface area (Å²) in [7, 11) is 0. The van der Waals surface area contributed by atoms with Gasteiger partial charge in [0, 0.05) is 23.9 Å². The van der Waals surface area contributed by atoms with E-state index in [0.717, 1.165) is 0 Å². The summed E-state index contributed by atoms with van der Waals surface area (Å²) in [5, 5.41) is 0. The minimum absolute atomic E-state index is 0. The number of nitrogens with zero attached hydrogens (tertiary/aromatic N) is 4. The number of benzene rings is 2. The molecule has 1 N–H and O–H groups in total. The molecule has 1 aliphatic heterocycles.